The van der Waals surface area contributed by atoms with Crippen molar-refractivity contribution in [2.45, 2.75) is 12.4 Å². The van der Waals surface area contributed by atoms with Crippen molar-refractivity contribution in [1.29, 1.82) is 0 Å². The summed E-state index contributed by atoms with van der Waals surface area (Å²) in [5.74, 6) is -0.193. The second-order valence-corrected chi connectivity index (χ2v) is 4.04. The topological polar surface area (TPSA) is 32.3 Å². The van der Waals surface area contributed by atoms with Crippen molar-refractivity contribution in [2.24, 2.45) is 0 Å². The lowest BCUT2D eigenvalue weighted by Crippen LogP contribution is -2.36. The predicted octanol–water partition coefficient (Wildman–Crippen LogP) is 1.31. The molecule has 0 fully saturated rings. The van der Waals surface area contributed by atoms with Crippen LogP contribution in [0.15, 0.2) is 0 Å². The Labute approximate surface area is 91.4 Å². The Kier molecular flexibility index (Phi) is 6.75. The third kappa shape index (κ3) is 8.56. The second kappa shape index (κ2) is 6.95. The lowest BCUT2D eigenvalue weighted by molar-refractivity contribution is -0.128. The molecule has 0 aliphatic heterocycles. The highest BCUT2D eigenvalue weighted by Crippen LogP contribution is 2.29. The fourth-order valence-electron chi connectivity index (χ4n) is 0.746. The summed E-state index contributed by atoms with van der Waals surface area (Å²) in [6, 6.07) is 0. The van der Waals surface area contributed by atoms with E-state index in [9.17, 15) is 18.0 Å². The number of alkyl halides is 3. The zero-order chi connectivity index (χ0) is 11.9. The molecule has 0 aromatic carbocycles. The summed E-state index contributed by atoms with van der Waals surface area (Å²) in [6.45, 7) is 2.69. The molecule has 0 aliphatic carbocycles. The van der Waals surface area contributed by atoms with Gasteiger partial charge in [0.05, 0.1) is 6.54 Å². The smallest absolute Gasteiger partial charge is 0.345 e. The van der Waals surface area contributed by atoms with Gasteiger partial charge in [-0.3, -0.25) is 4.79 Å². The van der Waals surface area contributed by atoms with Crippen LogP contribution in [-0.2, 0) is 4.79 Å². The van der Waals surface area contributed by atoms with Gasteiger partial charge in [0.2, 0.25) is 5.91 Å². The standard InChI is InChI=1S/C8H15F3N2OS/c1-3-13(2)7(14)6-12-4-5-15-8(9,10)11/h12H,3-6H2,1-2H3. The number of carbonyl (C=O) groups is 1. The molecular weight excluding hydrogens is 229 g/mol. The number of nitrogens with one attached hydrogen (secondary N) is 1. The van der Waals surface area contributed by atoms with Crippen LogP contribution in [0.3, 0.4) is 0 Å². The highest BCUT2D eigenvalue weighted by molar-refractivity contribution is 8.00. The lowest BCUT2D eigenvalue weighted by Gasteiger charge is -2.14. The normalized spacial score (nSPS) is 11.5. The number of rotatable bonds is 6. The first-order valence-electron chi connectivity index (χ1n) is 4.52. The molecule has 0 atom stereocenters. The van der Waals surface area contributed by atoms with Gasteiger partial charge in [-0.25, -0.2) is 0 Å². The Balaban J connectivity index is 3.43. The molecule has 0 aliphatic rings. The largest absolute Gasteiger partial charge is 0.441 e. The van der Waals surface area contributed by atoms with Crippen LogP contribution < -0.4 is 5.32 Å². The summed E-state index contributed by atoms with van der Waals surface area (Å²) in [6.07, 6.45) is 0. The van der Waals surface area contributed by atoms with E-state index in [1.807, 2.05) is 6.92 Å². The Bertz CT molecular complexity index is 199. The number of carbonyl (C=O) groups excluding carboxylic acids is 1. The van der Waals surface area contributed by atoms with Gasteiger partial charge in [-0.15, -0.1) is 0 Å². The van der Waals surface area contributed by atoms with Gasteiger partial charge in [0.1, 0.15) is 0 Å². The fraction of sp³-hybridized carbons (Fsp3) is 0.875. The first-order valence-corrected chi connectivity index (χ1v) is 5.50. The molecule has 0 unspecified atom stereocenters. The first-order chi connectivity index (χ1) is 6.87. The molecule has 0 bridgehead atoms. The van der Waals surface area contributed by atoms with Crippen molar-refractivity contribution in [1.82, 2.24) is 10.2 Å². The Morgan fingerprint density at radius 1 is 1.47 bits per heavy atom. The minimum atomic E-state index is -4.19. The quantitative estimate of drug-likeness (QED) is 0.715. The van der Waals surface area contributed by atoms with Crippen molar-refractivity contribution < 1.29 is 18.0 Å². The van der Waals surface area contributed by atoms with Crippen LogP contribution in [0, 0.1) is 0 Å². The Morgan fingerprint density at radius 2 is 2.07 bits per heavy atom. The fourth-order valence-corrected chi connectivity index (χ4v) is 1.22. The van der Waals surface area contributed by atoms with Gasteiger partial charge in [0, 0.05) is 25.9 Å². The van der Waals surface area contributed by atoms with Crippen molar-refractivity contribution >= 4 is 17.7 Å². The van der Waals surface area contributed by atoms with Crippen LogP contribution >= 0.6 is 11.8 Å². The highest BCUT2D eigenvalue weighted by atomic mass is 32.2. The van der Waals surface area contributed by atoms with Gasteiger partial charge in [0.15, 0.2) is 0 Å². The number of nitrogens with zero attached hydrogens (tertiary/aromatic N) is 1. The summed E-state index contributed by atoms with van der Waals surface area (Å²) in [5.41, 5.74) is -4.19. The molecule has 15 heavy (non-hydrogen) atoms. The molecule has 0 heterocycles. The number of hydrogen-bond donors (Lipinski definition) is 1. The van der Waals surface area contributed by atoms with Crippen molar-refractivity contribution in [3.05, 3.63) is 0 Å². The van der Waals surface area contributed by atoms with Crippen molar-refractivity contribution in [3.63, 3.8) is 0 Å². The van der Waals surface area contributed by atoms with E-state index in [2.05, 4.69) is 5.32 Å². The minimum Gasteiger partial charge on any atom is -0.345 e. The van der Waals surface area contributed by atoms with E-state index in [1.54, 1.807) is 7.05 Å². The third-order valence-corrected chi connectivity index (χ3v) is 2.46. The van der Waals surface area contributed by atoms with Crippen LogP contribution in [0.25, 0.3) is 0 Å². The maximum absolute atomic E-state index is 11.7. The van der Waals surface area contributed by atoms with E-state index in [4.69, 9.17) is 0 Å². The molecule has 90 valence electrons. The van der Waals surface area contributed by atoms with Gasteiger partial charge in [-0.2, -0.15) is 13.2 Å². The molecule has 0 radical (unpaired) electrons. The van der Waals surface area contributed by atoms with Crippen LogP contribution in [-0.4, -0.2) is 48.8 Å². The zero-order valence-corrected chi connectivity index (χ0v) is 9.54. The van der Waals surface area contributed by atoms with E-state index in [-0.39, 0.29) is 36.5 Å². The van der Waals surface area contributed by atoms with E-state index in [0.717, 1.165) is 0 Å². The predicted molar refractivity (Wildman–Crippen MR) is 54.7 cm³/mol. The molecular formula is C8H15F3N2OS. The highest BCUT2D eigenvalue weighted by Gasteiger charge is 2.27. The van der Waals surface area contributed by atoms with Gasteiger partial charge < -0.3 is 10.2 Å². The average Bonchev–Trinajstić information content (AvgIpc) is 2.14. The summed E-state index contributed by atoms with van der Waals surface area (Å²) >= 11 is -0.0880. The maximum atomic E-state index is 11.7. The molecule has 0 saturated carbocycles. The van der Waals surface area contributed by atoms with Crippen LogP contribution in [0.1, 0.15) is 6.92 Å². The first kappa shape index (κ1) is 14.6. The van der Waals surface area contributed by atoms with Gasteiger partial charge >= 0.3 is 5.51 Å². The summed E-state index contributed by atoms with van der Waals surface area (Å²) in [5, 5.41) is 2.66. The Morgan fingerprint density at radius 3 is 2.53 bits per heavy atom. The number of likely N-dealkylation sites (N-methyl/N-ethyl adjacent to an activating group) is 1. The molecule has 1 amide bonds. The SMILES string of the molecule is CCN(C)C(=O)CNCCSC(F)(F)F. The van der Waals surface area contributed by atoms with E-state index in [0.29, 0.717) is 6.54 Å². The molecule has 0 aromatic rings. The van der Waals surface area contributed by atoms with Crippen LogP contribution in [0.4, 0.5) is 13.2 Å². The molecule has 1 N–H and O–H groups in total. The second-order valence-electron chi connectivity index (χ2n) is 2.88. The number of amides is 1. The molecule has 0 spiro atoms. The molecule has 0 rings (SSSR count). The molecule has 3 nitrogen and oxygen atoms in total. The molecule has 7 heteroatoms. The average molecular weight is 244 g/mol. The van der Waals surface area contributed by atoms with Gasteiger partial charge in [-0.1, -0.05) is 0 Å². The Hall–Kier alpha value is -0.430. The molecule has 0 aromatic heterocycles. The van der Waals surface area contributed by atoms with Crippen LogP contribution in [0.2, 0.25) is 0 Å². The lowest BCUT2D eigenvalue weighted by atomic mass is 10.5. The van der Waals surface area contributed by atoms with E-state index >= 15 is 0 Å². The third-order valence-electron chi connectivity index (χ3n) is 1.72. The summed E-state index contributed by atoms with van der Waals surface area (Å²) in [7, 11) is 1.65. The minimum absolute atomic E-state index is 0.0768. The van der Waals surface area contributed by atoms with Crippen molar-refractivity contribution in [3.8, 4) is 0 Å². The van der Waals surface area contributed by atoms with Crippen LogP contribution in [0.5, 0.6) is 0 Å². The number of hydrogen-bond acceptors (Lipinski definition) is 3. The van der Waals surface area contributed by atoms with Gasteiger partial charge in [-0.05, 0) is 18.7 Å². The zero-order valence-electron chi connectivity index (χ0n) is 8.73. The van der Waals surface area contributed by atoms with E-state index in [1.165, 1.54) is 4.90 Å². The molecule has 0 saturated heterocycles. The van der Waals surface area contributed by atoms with Gasteiger partial charge in [0.25, 0.3) is 0 Å². The van der Waals surface area contributed by atoms with Crippen molar-refractivity contribution in [2.75, 3.05) is 32.4 Å². The van der Waals surface area contributed by atoms with E-state index < -0.39 is 5.51 Å². The summed E-state index contributed by atoms with van der Waals surface area (Å²) < 4.78 is 35.1. The maximum Gasteiger partial charge on any atom is 0.441 e. The number of thioether (sulfide) groups is 1. The monoisotopic (exact) mass is 244 g/mol. The summed E-state index contributed by atoms with van der Waals surface area (Å²) in [4.78, 5) is 12.7. The number of halogens is 3.